The van der Waals surface area contributed by atoms with Crippen molar-refractivity contribution in [3.05, 3.63) is 89.6 Å². The van der Waals surface area contributed by atoms with Crippen molar-refractivity contribution in [1.82, 2.24) is 4.98 Å². The maximum absolute atomic E-state index is 6.31. The van der Waals surface area contributed by atoms with Crippen molar-refractivity contribution in [1.29, 1.82) is 0 Å². The summed E-state index contributed by atoms with van der Waals surface area (Å²) in [5.74, 6) is 0.792. The molecule has 4 rings (SSSR count). The quantitative estimate of drug-likeness (QED) is 0.484. The summed E-state index contributed by atoms with van der Waals surface area (Å²) in [7, 11) is 0.470. The Morgan fingerprint density at radius 1 is 0.923 bits per heavy atom. The van der Waals surface area contributed by atoms with Crippen LogP contribution in [-0.4, -0.2) is 12.5 Å². The van der Waals surface area contributed by atoms with E-state index in [1.807, 2.05) is 61.5 Å². The van der Waals surface area contributed by atoms with E-state index in [0.717, 1.165) is 43.8 Å². The highest BCUT2D eigenvalue weighted by Crippen LogP contribution is 2.25. The van der Waals surface area contributed by atoms with E-state index >= 15 is 0 Å². The molecule has 0 N–H and O–H groups in total. The zero-order chi connectivity index (χ0) is 17.9. The van der Waals surface area contributed by atoms with Crippen molar-refractivity contribution < 1.29 is 4.65 Å². The maximum Gasteiger partial charge on any atom is 0.374 e. The number of halogens is 1. The van der Waals surface area contributed by atoms with Gasteiger partial charge in [-0.25, -0.2) is 0 Å². The normalized spacial score (nSPS) is 10.7. The van der Waals surface area contributed by atoms with Gasteiger partial charge in [0.15, 0.2) is 0 Å². The van der Waals surface area contributed by atoms with E-state index in [1.165, 1.54) is 0 Å². The van der Waals surface area contributed by atoms with Crippen LogP contribution in [0.25, 0.3) is 22.0 Å². The molecule has 4 aromatic rings. The molecule has 0 atom stereocenters. The highest BCUT2D eigenvalue weighted by atomic mass is 35.5. The molecular formula is C22H17BClNO. The maximum atomic E-state index is 6.31. The monoisotopic (exact) mass is 357 g/mol. The fourth-order valence-corrected chi connectivity index (χ4v) is 3.22. The molecule has 0 radical (unpaired) electrons. The Morgan fingerprint density at radius 2 is 1.77 bits per heavy atom. The summed E-state index contributed by atoms with van der Waals surface area (Å²) in [6.07, 6.45) is 1.79. The molecule has 0 spiro atoms. The first-order valence-corrected chi connectivity index (χ1v) is 8.91. The lowest BCUT2D eigenvalue weighted by atomic mass is 9.81. The predicted octanol–water partition coefficient (Wildman–Crippen LogP) is 4.92. The van der Waals surface area contributed by atoms with E-state index in [-0.39, 0.29) is 0 Å². The summed E-state index contributed by atoms with van der Waals surface area (Å²) < 4.78 is 6.13. The Balaban J connectivity index is 1.66. The van der Waals surface area contributed by atoms with E-state index in [0.29, 0.717) is 7.48 Å². The van der Waals surface area contributed by atoms with Gasteiger partial charge in [0.05, 0.1) is 0 Å². The fourth-order valence-electron chi connectivity index (χ4n) is 3.04. The SMILES string of the molecule is Cc1ccc(-c2ccccc2BOc2cccc3cccnc23)cc1Cl. The molecule has 3 aromatic carbocycles. The number of fused-ring (bicyclic) bond motifs is 1. The molecule has 0 saturated carbocycles. The Kier molecular flexibility index (Phi) is 4.64. The van der Waals surface area contributed by atoms with Crippen molar-refractivity contribution >= 4 is 35.4 Å². The number of para-hydroxylation sites is 1. The van der Waals surface area contributed by atoms with E-state index in [1.54, 1.807) is 6.20 Å². The molecule has 1 heterocycles. The van der Waals surface area contributed by atoms with E-state index in [2.05, 4.69) is 23.2 Å². The molecule has 0 aliphatic rings. The van der Waals surface area contributed by atoms with Gasteiger partial charge in [0.2, 0.25) is 0 Å². The van der Waals surface area contributed by atoms with Crippen LogP contribution in [0.5, 0.6) is 5.75 Å². The van der Waals surface area contributed by atoms with Crippen LogP contribution in [0.3, 0.4) is 0 Å². The number of aryl methyl sites for hydroxylation is 1. The summed E-state index contributed by atoms with van der Waals surface area (Å²) in [5, 5.41) is 1.85. The molecule has 0 bridgehead atoms. The lowest BCUT2D eigenvalue weighted by molar-refractivity contribution is 0.610. The molecule has 0 aliphatic heterocycles. The highest BCUT2D eigenvalue weighted by Gasteiger charge is 2.10. The van der Waals surface area contributed by atoms with Gasteiger partial charge >= 0.3 is 7.48 Å². The van der Waals surface area contributed by atoms with Gasteiger partial charge in [-0.3, -0.25) is 4.98 Å². The molecule has 0 unspecified atom stereocenters. The Morgan fingerprint density at radius 3 is 2.65 bits per heavy atom. The van der Waals surface area contributed by atoms with Crippen molar-refractivity contribution in [2.24, 2.45) is 0 Å². The largest absolute Gasteiger partial charge is 0.558 e. The minimum Gasteiger partial charge on any atom is -0.558 e. The lowest BCUT2D eigenvalue weighted by Crippen LogP contribution is -2.22. The molecule has 0 saturated heterocycles. The molecule has 1 aromatic heterocycles. The Bertz CT molecular complexity index is 1080. The van der Waals surface area contributed by atoms with Crippen LogP contribution in [-0.2, 0) is 0 Å². The van der Waals surface area contributed by atoms with Crippen LogP contribution in [0.4, 0.5) is 0 Å². The van der Waals surface area contributed by atoms with Crippen molar-refractivity contribution in [2.75, 3.05) is 0 Å². The molecular weight excluding hydrogens is 341 g/mol. The molecule has 0 aliphatic carbocycles. The number of nitrogens with zero attached hydrogens (tertiary/aromatic N) is 1. The number of pyridine rings is 1. The van der Waals surface area contributed by atoms with Crippen LogP contribution in [0, 0.1) is 6.92 Å². The number of rotatable bonds is 4. The third kappa shape index (κ3) is 3.31. The summed E-state index contributed by atoms with van der Waals surface area (Å²) >= 11 is 6.31. The number of benzene rings is 3. The summed E-state index contributed by atoms with van der Waals surface area (Å²) in [6.45, 7) is 2.01. The van der Waals surface area contributed by atoms with Crippen LogP contribution in [0.1, 0.15) is 5.56 Å². The molecule has 126 valence electrons. The van der Waals surface area contributed by atoms with Gasteiger partial charge in [0.25, 0.3) is 0 Å². The van der Waals surface area contributed by atoms with E-state index < -0.39 is 0 Å². The zero-order valence-electron chi connectivity index (χ0n) is 14.4. The highest BCUT2D eigenvalue weighted by molar-refractivity contribution is 6.50. The third-order valence-corrected chi connectivity index (χ3v) is 4.89. The van der Waals surface area contributed by atoms with Crippen LogP contribution in [0.2, 0.25) is 5.02 Å². The third-order valence-electron chi connectivity index (χ3n) is 4.48. The molecule has 0 amide bonds. The van der Waals surface area contributed by atoms with E-state index in [9.17, 15) is 0 Å². The molecule has 0 fully saturated rings. The minimum absolute atomic E-state index is 0.470. The average molecular weight is 358 g/mol. The van der Waals surface area contributed by atoms with Gasteiger partial charge in [-0.05, 0) is 47.3 Å². The van der Waals surface area contributed by atoms with Gasteiger partial charge in [-0.15, -0.1) is 0 Å². The Labute approximate surface area is 158 Å². The van der Waals surface area contributed by atoms with Gasteiger partial charge in [0, 0.05) is 16.6 Å². The first-order valence-electron chi connectivity index (χ1n) is 8.53. The van der Waals surface area contributed by atoms with Gasteiger partial charge in [-0.2, -0.15) is 0 Å². The average Bonchev–Trinajstić information content (AvgIpc) is 2.69. The Hall–Kier alpha value is -2.78. The topological polar surface area (TPSA) is 22.1 Å². The second-order valence-electron chi connectivity index (χ2n) is 6.24. The molecule has 4 heteroatoms. The fraction of sp³-hybridized carbons (Fsp3) is 0.0455. The van der Waals surface area contributed by atoms with E-state index in [4.69, 9.17) is 16.3 Å². The number of hydrogen-bond acceptors (Lipinski definition) is 2. The van der Waals surface area contributed by atoms with Crippen molar-refractivity contribution in [3.8, 4) is 16.9 Å². The summed E-state index contributed by atoms with van der Waals surface area (Å²) in [5.41, 5.74) is 5.29. The molecule has 2 nitrogen and oxygen atoms in total. The smallest absolute Gasteiger partial charge is 0.374 e. The van der Waals surface area contributed by atoms with Crippen LogP contribution >= 0.6 is 11.6 Å². The van der Waals surface area contributed by atoms with Gasteiger partial charge in [0.1, 0.15) is 11.3 Å². The van der Waals surface area contributed by atoms with Gasteiger partial charge < -0.3 is 4.65 Å². The van der Waals surface area contributed by atoms with Crippen molar-refractivity contribution in [3.63, 3.8) is 0 Å². The standard InChI is InChI=1S/C22H17BClNO/c1-15-11-12-17(14-20(15)24)18-8-2-3-9-19(18)23-26-21-10-4-6-16-7-5-13-25-22(16)21/h2-14,23H,1H3. The second-order valence-corrected chi connectivity index (χ2v) is 6.65. The van der Waals surface area contributed by atoms with Crippen LogP contribution in [0.15, 0.2) is 79.0 Å². The van der Waals surface area contributed by atoms with Gasteiger partial charge in [-0.1, -0.05) is 66.2 Å². The summed E-state index contributed by atoms with van der Waals surface area (Å²) in [6, 6.07) is 24.4. The predicted molar refractivity (Wildman–Crippen MR) is 111 cm³/mol. The van der Waals surface area contributed by atoms with Crippen molar-refractivity contribution in [2.45, 2.75) is 6.92 Å². The number of hydrogen-bond donors (Lipinski definition) is 0. The summed E-state index contributed by atoms with van der Waals surface area (Å²) in [4.78, 5) is 4.45. The molecule has 26 heavy (non-hydrogen) atoms. The number of aromatic nitrogens is 1. The first-order chi connectivity index (χ1) is 12.7. The lowest BCUT2D eigenvalue weighted by Gasteiger charge is -2.12. The second kappa shape index (κ2) is 7.23. The zero-order valence-corrected chi connectivity index (χ0v) is 15.2. The van der Waals surface area contributed by atoms with Crippen LogP contribution < -0.4 is 10.1 Å². The minimum atomic E-state index is 0.470. The first kappa shape index (κ1) is 16.7.